The molecule has 0 amide bonds. The van der Waals surface area contributed by atoms with Crippen LogP contribution in [0.4, 0.5) is 0 Å². The van der Waals surface area contributed by atoms with Gasteiger partial charge in [0.25, 0.3) is 0 Å². The molecule has 0 heterocycles. The van der Waals surface area contributed by atoms with E-state index in [1.807, 2.05) is 48.5 Å². The Balaban J connectivity index is 1.66. The fraction of sp³-hybridized carbons (Fsp3) is 0. The Morgan fingerprint density at radius 2 is 1.12 bits per heavy atom. The minimum absolute atomic E-state index is 0.0575. The van der Waals surface area contributed by atoms with Crippen molar-refractivity contribution in [2.45, 2.75) is 0 Å². The fourth-order valence-corrected chi connectivity index (χ4v) is 4.74. The van der Waals surface area contributed by atoms with Crippen molar-refractivity contribution >= 4 is 38.7 Å². The van der Waals surface area contributed by atoms with E-state index in [1.54, 1.807) is 36.4 Å². The van der Waals surface area contributed by atoms with Gasteiger partial charge >= 0.3 is 153 Å². The SMILES string of the molecule is O=C([O][BiH][c]1ccccc1)c1ccc(C(=O)c2ccccc2)cc1. The molecule has 0 fully saturated rings. The Kier molecular flexibility index (Phi) is 5.50. The van der Waals surface area contributed by atoms with Crippen LogP contribution < -0.4 is 3.27 Å². The molecule has 0 saturated carbocycles. The van der Waals surface area contributed by atoms with Crippen molar-refractivity contribution in [3.8, 4) is 0 Å². The molecule has 0 aliphatic heterocycles. The van der Waals surface area contributed by atoms with Crippen LogP contribution in [0.1, 0.15) is 26.3 Å². The molecule has 0 aliphatic rings. The van der Waals surface area contributed by atoms with Gasteiger partial charge in [-0.25, -0.2) is 0 Å². The zero-order valence-corrected chi connectivity index (χ0v) is 16.7. The van der Waals surface area contributed by atoms with Gasteiger partial charge in [-0.2, -0.15) is 0 Å². The van der Waals surface area contributed by atoms with Crippen LogP contribution >= 0.6 is 0 Å². The van der Waals surface area contributed by atoms with Gasteiger partial charge in [0.15, 0.2) is 0 Å². The van der Waals surface area contributed by atoms with Gasteiger partial charge in [-0.1, -0.05) is 0 Å². The number of carbonyl (C=O) groups is 2. The third-order valence-electron chi connectivity index (χ3n) is 3.45. The van der Waals surface area contributed by atoms with Gasteiger partial charge in [0, 0.05) is 0 Å². The molecule has 3 nitrogen and oxygen atoms in total. The first-order chi connectivity index (χ1) is 11.7. The molecular weight excluding hydrogens is 497 g/mol. The van der Waals surface area contributed by atoms with Crippen molar-refractivity contribution in [3.63, 3.8) is 0 Å². The van der Waals surface area contributed by atoms with Gasteiger partial charge in [0.1, 0.15) is 0 Å². The number of benzene rings is 3. The Morgan fingerprint density at radius 1 is 0.625 bits per heavy atom. The van der Waals surface area contributed by atoms with Gasteiger partial charge in [-0.05, 0) is 0 Å². The number of ketones is 1. The summed E-state index contributed by atoms with van der Waals surface area (Å²) in [6, 6.07) is 25.5. The van der Waals surface area contributed by atoms with Crippen LogP contribution in [0.25, 0.3) is 0 Å². The van der Waals surface area contributed by atoms with Crippen LogP contribution in [0.5, 0.6) is 0 Å². The second-order valence-corrected chi connectivity index (χ2v) is 8.96. The van der Waals surface area contributed by atoms with Crippen molar-refractivity contribution in [2.24, 2.45) is 0 Å². The van der Waals surface area contributed by atoms with Crippen LogP contribution in [0.15, 0.2) is 84.9 Å². The third kappa shape index (κ3) is 4.15. The van der Waals surface area contributed by atoms with Crippen molar-refractivity contribution in [1.29, 1.82) is 0 Å². The van der Waals surface area contributed by atoms with Crippen molar-refractivity contribution in [1.82, 2.24) is 0 Å². The monoisotopic (exact) mass is 512 g/mol. The fourth-order valence-electron chi connectivity index (χ4n) is 2.18. The average molecular weight is 512 g/mol. The summed E-state index contributed by atoms with van der Waals surface area (Å²) in [7, 11) is 0. The summed E-state index contributed by atoms with van der Waals surface area (Å²) in [5.74, 6) is -0.376. The van der Waals surface area contributed by atoms with Gasteiger partial charge in [-0.15, -0.1) is 0 Å². The van der Waals surface area contributed by atoms with E-state index < -0.39 is 23.7 Å². The number of rotatable bonds is 5. The van der Waals surface area contributed by atoms with E-state index in [0.29, 0.717) is 16.7 Å². The van der Waals surface area contributed by atoms with Crippen molar-refractivity contribution < 1.29 is 12.4 Å². The predicted octanol–water partition coefficient (Wildman–Crippen LogP) is 2.75. The summed E-state index contributed by atoms with van der Waals surface area (Å²) >= 11 is -1.61. The first-order valence-corrected chi connectivity index (χ1v) is 11.0. The molecule has 0 aliphatic carbocycles. The quantitative estimate of drug-likeness (QED) is 0.390. The summed E-state index contributed by atoms with van der Waals surface area (Å²) in [5, 5.41) is 0. The molecule has 0 radical (unpaired) electrons. The van der Waals surface area contributed by atoms with Crippen LogP contribution in [0, 0.1) is 0 Å². The van der Waals surface area contributed by atoms with E-state index in [4.69, 9.17) is 2.81 Å². The number of hydrogen-bond acceptors (Lipinski definition) is 3. The summed E-state index contributed by atoms with van der Waals surface area (Å²) in [6.07, 6.45) is 0. The first-order valence-electron chi connectivity index (χ1n) is 7.46. The Hall–Kier alpha value is -2.32. The zero-order chi connectivity index (χ0) is 16.8. The number of hydrogen-bond donors (Lipinski definition) is 0. The molecule has 0 N–H and O–H groups in total. The molecule has 0 bridgehead atoms. The minimum atomic E-state index is -1.61. The number of carbonyl (C=O) groups excluding carboxylic acids is 2. The van der Waals surface area contributed by atoms with E-state index in [1.165, 1.54) is 0 Å². The molecule has 0 aromatic heterocycles. The second-order valence-electron chi connectivity index (χ2n) is 5.13. The van der Waals surface area contributed by atoms with Crippen molar-refractivity contribution in [3.05, 3.63) is 102 Å². The Bertz CT molecular complexity index is 828. The van der Waals surface area contributed by atoms with E-state index in [9.17, 15) is 9.59 Å². The summed E-state index contributed by atoms with van der Waals surface area (Å²) in [5.41, 5.74) is 1.67. The van der Waals surface area contributed by atoms with Crippen LogP contribution in [0.2, 0.25) is 0 Å². The zero-order valence-electron chi connectivity index (χ0n) is 12.8. The van der Waals surface area contributed by atoms with E-state index in [0.717, 1.165) is 3.27 Å². The molecular formula is C20H15BiO3. The van der Waals surface area contributed by atoms with Crippen molar-refractivity contribution in [2.75, 3.05) is 0 Å². The second kappa shape index (κ2) is 7.98. The predicted molar refractivity (Wildman–Crippen MR) is 95.0 cm³/mol. The maximum absolute atomic E-state index is 12.3. The Labute approximate surface area is 152 Å². The molecule has 3 rings (SSSR count). The first kappa shape index (κ1) is 16.5. The molecule has 0 atom stereocenters. The molecule has 3 aromatic carbocycles. The van der Waals surface area contributed by atoms with E-state index in [2.05, 4.69) is 0 Å². The van der Waals surface area contributed by atoms with Crippen LogP contribution in [0.3, 0.4) is 0 Å². The molecule has 24 heavy (non-hydrogen) atoms. The summed E-state index contributed by atoms with van der Waals surface area (Å²) in [4.78, 5) is 24.4. The van der Waals surface area contributed by atoms with Crippen LogP contribution in [-0.4, -0.2) is 35.4 Å². The van der Waals surface area contributed by atoms with E-state index >= 15 is 0 Å². The third-order valence-corrected chi connectivity index (χ3v) is 6.78. The molecule has 0 unspecified atom stereocenters. The summed E-state index contributed by atoms with van der Waals surface area (Å²) in [6.45, 7) is 0. The normalized spacial score (nSPS) is 10.2. The standard InChI is InChI=1S/C14H10O3.C6H5.Bi.H/c15-13(10-4-2-1-3-5-10)11-6-8-12(9-7-11)14(16)17;1-2-4-6-5-3-1;;/h1-9H,(H,16,17);1-5H;;/q;;+1;/p-1. The Morgan fingerprint density at radius 3 is 1.75 bits per heavy atom. The van der Waals surface area contributed by atoms with Gasteiger partial charge in [0.05, 0.1) is 0 Å². The topological polar surface area (TPSA) is 43.4 Å². The molecule has 3 aromatic rings. The van der Waals surface area contributed by atoms with Crippen LogP contribution in [-0.2, 0) is 2.81 Å². The van der Waals surface area contributed by atoms with Gasteiger partial charge in [-0.3, -0.25) is 0 Å². The van der Waals surface area contributed by atoms with Gasteiger partial charge in [0.2, 0.25) is 0 Å². The maximum atomic E-state index is 12.3. The average Bonchev–Trinajstić information content (AvgIpc) is 2.67. The van der Waals surface area contributed by atoms with E-state index in [-0.39, 0.29) is 11.8 Å². The molecule has 0 spiro atoms. The summed E-state index contributed by atoms with van der Waals surface area (Å²) < 4.78 is 6.60. The molecule has 0 saturated heterocycles. The molecule has 118 valence electrons. The molecule has 4 heteroatoms. The van der Waals surface area contributed by atoms with Gasteiger partial charge < -0.3 is 0 Å².